The van der Waals surface area contributed by atoms with Crippen LogP contribution < -0.4 is 0 Å². The van der Waals surface area contributed by atoms with Crippen molar-refractivity contribution < 1.29 is 0 Å². The van der Waals surface area contributed by atoms with Crippen molar-refractivity contribution >= 4 is 26.5 Å². The number of para-hydroxylation sites is 1. The van der Waals surface area contributed by atoms with Crippen molar-refractivity contribution in [1.29, 1.82) is 5.26 Å². The Morgan fingerprint density at radius 1 is 1.00 bits per heavy atom. The Balaban J connectivity index is 2.12. The Labute approximate surface area is 119 Å². The molecule has 0 N–H and O–H groups in total. The van der Waals surface area contributed by atoms with Crippen molar-refractivity contribution in [2.45, 2.75) is 0 Å². The number of benzene rings is 2. The number of imidazole rings is 1. The topological polar surface area (TPSA) is 41.1 Å². The van der Waals surface area contributed by atoms with Gasteiger partial charge < -0.3 is 0 Å². The van der Waals surface area contributed by atoms with Crippen LogP contribution in [0.1, 0.15) is 5.69 Å². The highest BCUT2D eigenvalue weighted by Crippen LogP contribution is 2.32. The standard InChI is InChI=1S/C16H9N3S/c17-10-13-15(11-6-2-1-3-7-11)18-16-19(13)12-8-4-5-9-14(12)20-16/h1-9H. The fourth-order valence-corrected chi connectivity index (χ4v) is 3.44. The minimum Gasteiger partial charge on any atom is -0.274 e. The van der Waals surface area contributed by atoms with Crippen LogP contribution in [0.3, 0.4) is 0 Å². The fourth-order valence-electron chi connectivity index (χ4n) is 2.42. The highest BCUT2D eigenvalue weighted by Gasteiger charge is 2.17. The molecule has 0 unspecified atom stereocenters. The molecule has 0 aliphatic rings. The predicted molar refractivity (Wildman–Crippen MR) is 80.7 cm³/mol. The molecule has 3 nitrogen and oxygen atoms in total. The molecule has 0 aliphatic heterocycles. The van der Waals surface area contributed by atoms with Gasteiger partial charge in [0, 0.05) is 5.56 Å². The van der Waals surface area contributed by atoms with Gasteiger partial charge in [0.25, 0.3) is 0 Å². The van der Waals surface area contributed by atoms with E-state index in [2.05, 4.69) is 17.1 Å². The lowest BCUT2D eigenvalue weighted by Gasteiger charge is -1.97. The summed E-state index contributed by atoms with van der Waals surface area (Å²) in [6.07, 6.45) is 0. The van der Waals surface area contributed by atoms with E-state index in [1.165, 1.54) is 0 Å². The summed E-state index contributed by atoms with van der Waals surface area (Å²) in [5, 5.41) is 9.54. The lowest BCUT2D eigenvalue weighted by molar-refractivity contribution is 1.24. The zero-order chi connectivity index (χ0) is 13.5. The summed E-state index contributed by atoms with van der Waals surface area (Å²) in [4.78, 5) is 5.51. The van der Waals surface area contributed by atoms with E-state index in [1.807, 2.05) is 52.9 Å². The van der Waals surface area contributed by atoms with Gasteiger partial charge in [-0.15, -0.1) is 0 Å². The largest absolute Gasteiger partial charge is 0.274 e. The van der Waals surface area contributed by atoms with Gasteiger partial charge in [-0.2, -0.15) is 5.26 Å². The lowest BCUT2D eigenvalue weighted by Crippen LogP contribution is -1.87. The molecule has 0 atom stereocenters. The molecule has 0 saturated heterocycles. The Kier molecular flexibility index (Phi) is 2.35. The number of fused-ring (bicyclic) bond motifs is 3. The Bertz CT molecular complexity index is 958. The zero-order valence-electron chi connectivity index (χ0n) is 10.4. The molecule has 0 aliphatic carbocycles. The van der Waals surface area contributed by atoms with E-state index in [9.17, 15) is 5.26 Å². The first kappa shape index (κ1) is 11.2. The van der Waals surface area contributed by atoms with Gasteiger partial charge in [0.05, 0.1) is 10.2 Å². The van der Waals surface area contributed by atoms with Crippen LogP contribution in [-0.2, 0) is 0 Å². The van der Waals surface area contributed by atoms with Crippen molar-refractivity contribution in [2.75, 3.05) is 0 Å². The van der Waals surface area contributed by atoms with E-state index in [-0.39, 0.29) is 0 Å². The first-order valence-electron chi connectivity index (χ1n) is 6.24. The van der Waals surface area contributed by atoms with Crippen LogP contribution in [0.2, 0.25) is 0 Å². The number of aromatic nitrogens is 2. The van der Waals surface area contributed by atoms with Crippen LogP contribution in [-0.4, -0.2) is 9.38 Å². The van der Waals surface area contributed by atoms with Crippen molar-refractivity contribution in [3.63, 3.8) is 0 Å². The number of hydrogen-bond donors (Lipinski definition) is 0. The number of nitrogens with zero attached hydrogens (tertiary/aromatic N) is 3. The third-order valence-electron chi connectivity index (χ3n) is 3.31. The smallest absolute Gasteiger partial charge is 0.196 e. The van der Waals surface area contributed by atoms with Gasteiger partial charge in [-0.1, -0.05) is 53.8 Å². The van der Waals surface area contributed by atoms with Gasteiger partial charge >= 0.3 is 0 Å². The molecule has 0 spiro atoms. The Hall–Kier alpha value is -2.64. The average molecular weight is 275 g/mol. The normalized spacial score (nSPS) is 10.9. The molecule has 2 heterocycles. The molecule has 0 fully saturated rings. The molecule has 2 aromatic heterocycles. The molecule has 4 heteroatoms. The molecule has 4 rings (SSSR count). The molecule has 4 aromatic rings. The van der Waals surface area contributed by atoms with Crippen LogP contribution >= 0.6 is 11.3 Å². The minimum absolute atomic E-state index is 0.601. The van der Waals surface area contributed by atoms with Gasteiger partial charge in [0.15, 0.2) is 10.7 Å². The van der Waals surface area contributed by atoms with Crippen LogP contribution in [0.25, 0.3) is 26.4 Å². The number of thiazole rings is 1. The number of rotatable bonds is 1. The summed E-state index contributed by atoms with van der Waals surface area (Å²) in [6.45, 7) is 0. The number of hydrogen-bond acceptors (Lipinski definition) is 3. The van der Waals surface area contributed by atoms with Crippen molar-refractivity contribution in [1.82, 2.24) is 9.38 Å². The predicted octanol–water partition coefficient (Wildman–Crippen LogP) is 4.09. The van der Waals surface area contributed by atoms with Crippen molar-refractivity contribution in [3.05, 3.63) is 60.3 Å². The molecule has 0 bridgehead atoms. The SMILES string of the molecule is N#Cc1c(-c2ccccc2)nc2sc3ccccc3n12. The molecule has 94 valence electrons. The van der Waals surface area contributed by atoms with Crippen LogP contribution in [0.5, 0.6) is 0 Å². The second kappa shape index (κ2) is 4.19. The molecular weight excluding hydrogens is 266 g/mol. The third-order valence-corrected chi connectivity index (χ3v) is 4.33. The lowest BCUT2D eigenvalue weighted by atomic mass is 10.1. The molecule has 0 saturated carbocycles. The first-order chi connectivity index (χ1) is 9.88. The summed E-state index contributed by atoms with van der Waals surface area (Å²) in [6, 6.07) is 20.2. The van der Waals surface area contributed by atoms with E-state index in [0.717, 1.165) is 26.4 Å². The highest BCUT2D eigenvalue weighted by molar-refractivity contribution is 7.23. The second-order valence-electron chi connectivity index (χ2n) is 4.47. The second-order valence-corrected chi connectivity index (χ2v) is 5.48. The Morgan fingerprint density at radius 3 is 2.55 bits per heavy atom. The van der Waals surface area contributed by atoms with Crippen LogP contribution in [0, 0.1) is 11.3 Å². The van der Waals surface area contributed by atoms with Gasteiger partial charge in [0.2, 0.25) is 0 Å². The van der Waals surface area contributed by atoms with Gasteiger partial charge in [0.1, 0.15) is 11.8 Å². The maximum Gasteiger partial charge on any atom is 0.196 e. The van der Waals surface area contributed by atoms with E-state index in [0.29, 0.717) is 5.69 Å². The summed E-state index contributed by atoms with van der Waals surface area (Å²) >= 11 is 1.61. The number of nitriles is 1. The maximum absolute atomic E-state index is 9.54. The van der Waals surface area contributed by atoms with Crippen LogP contribution in [0.4, 0.5) is 0 Å². The quantitative estimate of drug-likeness (QED) is 0.525. The van der Waals surface area contributed by atoms with E-state index in [4.69, 9.17) is 0 Å². The minimum atomic E-state index is 0.601. The zero-order valence-corrected chi connectivity index (χ0v) is 11.3. The van der Waals surface area contributed by atoms with Crippen LogP contribution in [0.15, 0.2) is 54.6 Å². The van der Waals surface area contributed by atoms with E-state index in [1.54, 1.807) is 11.3 Å². The van der Waals surface area contributed by atoms with Gasteiger partial charge in [-0.25, -0.2) is 4.98 Å². The summed E-state index contributed by atoms with van der Waals surface area (Å²) in [5.41, 5.74) is 3.37. The maximum atomic E-state index is 9.54. The van der Waals surface area contributed by atoms with Crippen molar-refractivity contribution in [3.8, 4) is 17.3 Å². The molecular formula is C16H9N3S. The summed E-state index contributed by atoms with van der Waals surface area (Å²) in [7, 11) is 0. The highest BCUT2D eigenvalue weighted by atomic mass is 32.1. The molecule has 20 heavy (non-hydrogen) atoms. The molecule has 2 aromatic carbocycles. The summed E-state index contributed by atoms with van der Waals surface area (Å²) < 4.78 is 3.09. The third kappa shape index (κ3) is 1.47. The van der Waals surface area contributed by atoms with E-state index < -0.39 is 0 Å². The van der Waals surface area contributed by atoms with Gasteiger partial charge in [-0.3, -0.25) is 4.40 Å². The van der Waals surface area contributed by atoms with Crippen molar-refractivity contribution in [2.24, 2.45) is 0 Å². The monoisotopic (exact) mass is 275 g/mol. The average Bonchev–Trinajstić information content (AvgIpc) is 3.03. The Morgan fingerprint density at radius 2 is 1.75 bits per heavy atom. The summed E-state index contributed by atoms with van der Waals surface area (Å²) in [5.74, 6) is 0. The molecule has 0 amide bonds. The first-order valence-corrected chi connectivity index (χ1v) is 7.05. The van der Waals surface area contributed by atoms with Gasteiger partial charge in [-0.05, 0) is 12.1 Å². The molecule has 0 radical (unpaired) electrons. The van der Waals surface area contributed by atoms with E-state index >= 15 is 0 Å². The fraction of sp³-hybridized carbons (Fsp3) is 0.